The monoisotopic (exact) mass is 263 g/mol. The fourth-order valence-corrected chi connectivity index (χ4v) is 5.22. The summed E-state index contributed by atoms with van der Waals surface area (Å²) in [5, 5.41) is 11.0. The fraction of sp³-hybridized carbons (Fsp3) is 1.00. The second-order valence-electron chi connectivity index (χ2n) is 7.63. The van der Waals surface area contributed by atoms with Crippen LogP contribution in [0.2, 0.25) is 0 Å². The molecule has 4 fully saturated rings. The summed E-state index contributed by atoms with van der Waals surface area (Å²) in [6.45, 7) is 6.28. The van der Waals surface area contributed by atoms with Crippen molar-refractivity contribution in [2.75, 3.05) is 32.7 Å². The van der Waals surface area contributed by atoms with Crippen molar-refractivity contribution in [2.45, 2.75) is 50.5 Å². The number of hydrogen-bond donors (Lipinski definition) is 3. The molecule has 108 valence electrons. The summed E-state index contributed by atoms with van der Waals surface area (Å²) in [5.41, 5.74) is 1.29. The van der Waals surface area contributed by atoms with E-state index in [-0.39, 0.29) is 0 Å². The molecule has 3 aliphatic heterocycles. The molecule has 3 nitrogen and oxygen atoms in total. The maximum absolute atomic E-state index is 3.97. The first-order chi connectivity index (χ1) is 9.32. The molecule has 3 heterocycles. The van der Waals surface area contributed by atoms with Crippen LogP contribution in [0.5, 0.6) is 0 Å². The van der Waals surface area contributed by atoms with E-state index in [9.17, 15) is 0 Å². The minimum atomic E-state index is 0.512. The van der Waals surface area contributed by atoms with Gasteiger partial charge >= 0.3 is 0 Å². The van der Waals surface area contributed by atoms with Crippen molar-refractivity contribution in [3.05, 3.63) is 0 Å². The first kappa shape index (κ1) is 12.6. The number of piperidine rings is 3. The Labute approximate surface area is 117 Å². The Balaban J connectivity index is 1.34. The smallest absolute Gasteiger partial charge is 0.0205 e. The van der Waals surface area contributed by atoms with E-state index < -0.39 is 0 Å². The summed E-state index contributed by atoms with van der Waals surface area (Å²) in [5.74, 6) is 2.04. The second-order valence-corrected chi connectivity index (χ2v) is 7.63. The van der Waals surface area contributed by atoms with Gasteiger partial charge in [0.15, 0.2) is 0 Å². The van der Waals surface area contributed by atoms with Crippen LogP contribution in [-0.2, 0) is 0 Å². The molecule has 2 unspecified atom stereocenters. The van der Waals surface area contributed by atoms with E-state index in [0.29, 0.717) is 5.54 Å². The van der Waals surface area contributed by atoms with Crippen LogP contribution in [0.25, 0.3) is 0 Å². The minimum Gasteiger partial charge on any atom is -0.317 e. The molecular weight excluding hydrogens is 234 g/mol. The molecule has 1 saturated carbocycles. The fourth-order valence-electron chi connectivity index (χ4n) is 5.22. The van der Waals surface area contributed by atoms with Gasteiger partial charge in [-0.3, -0.25) is 0 Å². The largest absolute Gasteiger partial charge is 0.317 e. The van der Waals surface area contributed by atoms with Gasteiger partial charge in [0.1, 0.15) is 0 Å². The third-order valence-corrected chi connectivity index (χ3v) is 6.71. The Morgan fingerprint density at radius 1 is 0.789 bits per heavy atom. The molecule has 0 bridgehead atoms. The van der Waals surface area contributed by atoms with Gasteiger partial charge in [-0.15, -0.1) is 0 Å². The number of rotatable bonds is 1. The summed E-state index contributed by atoms with van der Waals surface area (Å²) >= 11 is 0. The average molecular weight is 263 g/mol. The van der Waals surface area contributed by atoms with Crippen LogP contribution in [0, 0.1) is 17.3 Å². The maximum Gasteiger partial charge on any atom is 0.0205 e. The SMILES string of the molecule is C1CC2(CCN1)CCC(C1CC13CCNCC3)CN2. The summed E-state index contributed by atoms with van der Waals surface area (Å²) in [6, 6.07) is 0. The summed E-state index contributed by atoms with van der Waals surface area (Å²) in [6.07, 6.45) is 10.1. The average Bonchev–Trinajstić information content (AvgIpc) is 3.15. The molecule has 3 N–H and O–H groups in total. The Bertz CT molecular complexity index is 319. The third-order valence-electron chi connectivity index (χ3n) is 6.71. The molecule has 19 heavy (non-hydrogen) atoms. The van der Waals surface area contributed by atoms with Gasteiger partial charge in [0.25, 0.3) is 0 Å². The van der Waals surface area contributed by atoms with Gasteiger partial charge in [0.05, 0.1) is 0 Å². The Kier molecular flexibility index (Phi) is 3.13. The zero-order valence-electron chi connectivity index (χ0n) is 12.1. The highest BCUT2D eigenvalue weighted by Gasteiger charge is 2.57. The highest BCUT2D eigenvalue weighted by molar-refractivity contribution is 5.09. The van der Waals surface area contributed by atoms with Gasteiger partial charge in [-0.25, -0.2) is 0 Å². The normalized spacial score (nSPS) is 40.4. The number of hydrogen-bond acceptors (Lipinski definition) is 3. The van der Waals surface area contributed by atoms with E-state index in [2.05, 4.69) is 16.0 Å². The van der Waals surface area contributed by atoms with Crippen LogP contribution < -0.4 is 16.0 Å². The topological polar surface area (TPSA) is 36.1 Å². The highest BCUT2D eigenvalue weighted by Crippen LogP contribution is 2.63. The molecular formula is C16H29N3. The minimum absolute atomic E-state index is 0.512. The molecule has 2 atom stereocenters. The van der Waals surface area contributed by atoms with Crippen LogP contribution in [0.15, 0.2) is 0 Å². The van der Waals surface area contributed by atoms with Gasteiger partial charge in [0, 0.05) is 5.54 Å². The molecule has 0 amide bonds. The van der Waals surface area contributed by atoms with Crippen molar-refractivity contribution in [2.24, 2.45) is 17.3 Å². The molecule has 0 radical (unpaired) electrons. The lowest BCUT2D eigenvalue weighted by Crippen LogP contribution is -2.56. The van der Waals surface area contributed by atoms with Gasteiger partial charge in [-0.1, -0.05) is 0 Å². The van der Waals surface area contributed by atoms with Crippen molar-refractivity contribution in [3.63, 3.8) is 0 Å². The second kappa shape index (κ2) is 4.71. The van der Waals surface area contributed by atoms with E-state index in [0.717, 1.165) is 17.3 Å². The van der Waals surface area contributed by atoms with E-state index in [1.165, 1.54) is 77.7 Å². The van der Waals surface area contributed by atoms with Crippen molar-refractivity contribution < 1.29 is 0 Å². The molecule has 3 saturated heterocycles. The van der Waals surface area contributed by atoms with Crippen LogP contribution in [0.4, 0.5) is 0 Å². The predicted molar refractivity (Wildman–Crippen MR) is 78.2 cm³/mol. The van der Waals surface area contributed by atoms with Gasteiger partial charge in [-0.05, 0) is 94.9 Å². The highest BCUT2D eigenvalue weighted by atomic mass is 15.0. The van der Waals surface area contributed by atoms with E-state index in [1.807, 2.05) is 0 Å². The van der Waals surface area contributed by atoms with Crippen molar-refractivity contribution in [1.82, 2.24) is 16.0 Å². The lowest BCUT2D eigenvalue weighted by atomic mass is 9.75. The van der Waals surface area contributed by atoms with Gasteiger partial charge in [0.2, 0.25) is 0 Å². The third kappa shape index (κ3) is 2.24. The van der Waals surface area contributed by atoms with Crippen molar-refractivity contribution >= 4 is 0 Å². The molecule has 1 aliphatic carbocycles. The first-order valence-corrected chi connectivity index (χ1v) is 8.49. The number of nitrogens with one attached hydrogen (secondary N) is 3. The van der Waals surface area contributed by atoms with Gasteiger partial charge < -0.3 is 16.0 Å². The Hall–Kier alpha value is -0.120. The van der Waals surface area contributed by atoms with Crippen molar-refractivity contribution in [1.29, 1.82) is 0 Å². The predicted octanol–water partition coefficient (Wildman–Crippen LogP) is 1.50. The molecule has 0 aromatic carbocycles. The van der Waals surface area contributed by atoms with Crippen LogP contribution in [0.3, 0.4) is 0 Å². The molecule has 3 heteroatoms. The lowest BCUT2D eigenvalue weighted by Gasteiger charge is -2.45. The standard InChI is InChI=1S/C16H29N3/c1-2-16(5-9-18-10-6-16)19-12-13(1)14-11-15(14)3-7-17-8-4-15/h13-14,17-19H,1-12H2. The first-order valence-electron chi connectivity index (χ1n) is 8.49. The molecule has 0 aromatic rings. The van der Waals surface area contributed by atoms with Gasteiger partial charge in [-0.2, -0.15) is 0 Å². The zero-order valence-corrected chi connectivity index (χ0v) is 12.1. The molecule has 2 spiro atoms. The maximum atomic E-state index is 3.97. The Morgan fingerprint density at radius 3 is 2.11 bits per heavy atom. The zero-order chi connectivity index (χ0) is 12.8. The van der Waals surface area contributed by atoms with Crippen molar-refractivity contribution in [3.8, 4) is 0 Å². The van der Waals surface area contributed by atoms with Crippen LogP contribution in [0.1, 0.15) is 44.9 Å². The van der Waals surface area contributed by atoms with E-state index in [1.54, 1.807) is 0 Å². The van der Waals surface area contributed by atoms with E-state index in [4.69, 9.17) is 0 Å². The molecule has 4 aliphatic rings. The molecule has 0 aromatic heterocycles. The van der Waals surface area contributed by atoms with Crippen LogP contribution in [-0.4, -0.2) is 38.3 Å². The Morgan fingerprint density at radius 2 is 1.47 bits per heavy atom. The lowest BCUT2D eigenvalue weighted by molar-refractivity contribution is 0.139. The van der Waals surface area contributed by atoms with Crippen LogP contribution >= 0.6 is 0 Å². The summed E-state index contributed by atoms with van der Waals surface area (Å²) < 4.78 is 0. The molecule has 4 rings (SSSR count). The summed E-state index contributed by atoms with van der Waals surface area (Å²) in [7, 11) is 0. The summed E-state index contributed by atoms with van der Waals surface area (Å²) in [4.78, 5) is 0. The van der Waals surface area contributed by atoms with E-state index >= 15 is 0 Å². The quantitative estimate of drug-likeness (QED) is 0.671.